The second-order valence-electron chi connectivity index (χ2n) is 3.39. The molecule has 1 aromatic carbocycles. The van der Waals surface area contributed by atoms with Gasteiger partial charge in [0.2, 0.25) is 0 Å². The van der Waals surface area contributed by atoms with Crippen molar-refractivity contribution in [3.8, 4) is 5.75 Å². The van der Waals surface area contributed by atoms with Crippen LogP contribution in [0.15, 0.2) is 18.2 Å². The molecule has 3 nitrogen and oxygen atoms in total. The zero-order valence-corrected chi connectivity index (χ0v) is 9.37. The predicted octanol–water partition coefficient (Wildman–Crippen LogP) is 1.63. The minimum absolute atomic E-state index is 0.0622. The molecular formula is C11H15ClO3. The zero-order valence-electron chi connectivity index (χ0n) is 8.61. The Balaban J connectivity index is 2.77. The van der Waals surface area contributed by atoms with Gasteiger partial charge in [-0.1, -0.05) is 17.7 Å². The summed E-state index contributed by atoms with van der Waals surface area (Å²) in [7, 11) is 0. The first-order chi connectivity index (χ1) is 7.13. The van der Waals surface area contributed by atoms with Crippen LogP contribution < -0.4 is 4.74 Å². The van der Waals surface area contributed by atoms with Crippen LogP contribution in [0.4, 0.5) is 0 Å². The largest absolute Gasteiger partial charge is 0.491 e. The average Bonchev–Trinajstić information content (AvgIpc) is 2.18. The van der Waals surface area contributed by atoms with Gasteiger partial charge in [0.05, 0.1) is 6.10 Å². The molecule has 1 atom stereocenters. The van der Waals surface area contributed by atoms with Crippen molar-refractivity contribution in [2.75, 3.05) is 13.2 Å². The SMILES string of the molecule is CC(O)COc1cc(Cl)ccc1CCO. The van der Waals surface area contributed by atoms with Crippen molar-refractivity contribution in [1.82, 2.24) is 0 Å². The highest BCUT2D eigenvalue weighted by atomic mass is 35.5. The molecule has 1 rings (SSSR count). The number of hydrogen-bond acceptors (Lipinski definition) is 3. The molecule has 0 aliphatic heterocycles. The van der Waals surface area contributed by atoms with Crippen LogP contribution >= 0.6 is 11.6 Å². The van der Waals surface area contributed by atoms with Gasteiger partial charge in [-0.2, -0.15) is 0 Å². The first-order valence-corrected chi connectivity index (χ1v) is 5.21. The molecule has 0 radical (unpaired) electrons. The quantitative estimate of drug-likeness (QED) is 0.809. The Morgan fingerprint density at radius 2 is 2.20 bits per heavy atom. The van der Waals surface area contributed by atoms with Gasteiger partial charge in [0.15, 0.2) is 0 Å². The maximum absolute atomic E-state index is 9.10. The molecule has 1 aromatic rings. The lowest BCUT2D eigenvalue weighted by molar-refractivity contribution is 0.122. The van der Waals surface area contributed by atoms with Crippen LogP contribution in [0.1, 0.15) is 12.5 Å². The van der Waals surface area contributed by atoms with Gasteiger partial charge in [-0.3, -0.25) is 0 Å². The van der Waals surface area contributed by atoms with Crippen molar-refractivity contribution in [3.63, 3.8) is 0 Å². The van der Waals surface area contributed by atoms with Crippen LogP contribution in [0, 0.1) is 0 Å². The minimum atomic E-state index is -0.522. The molecule has 0 aromatic heterocycles. The third-order valence-electron chi connectivity index (χ3n) is 1.89. The van der Waals surface area contributed by atoms with E-state index in [0.717, 1.165) is 5.56 Å². The summed E-state index contributed by atoms with van der Waals surface area (Å²) in [6.45, 7) is 1.93. The first kappa shape index (κ1) is 12.3. The number of ether oxygens (including phenoxy) is 1. The topological polar surface area (TPSA) is 49.7 Å². The Hall–Kier alpha value is -0.770. The Bertz CT molecular complexity index is 313. The molecule has 15 heavy (non-hydrogen) atoms. The van der Waals surface area contributed by atoms with Crippen LogP contribution in [-0.2, 0) is 6.42 Å². The van der Waals surface area contributed by atoms with Gasteiger partial charge in [0, 0.05) is 11.6 Å². The second kappa shape index (κ2) is 5.95. The molecule has 2 N–H and O–H groups in total. The fraction of sp³-hybridized carbons (Fsp3) is 0.455. The van der Waals surface area contributed by atoms with Crippen LogP contribution in [0.25, 0.3) is 0 Å². The first-order valence-electron chi connectivity index (χ1n) is 4.83. The maximum atomic E-state index is 9.10. The van der Waals surface area contributed by atoms with E-state index in [-0.39, 0.29) is 13.2 Å². The van der Waals surface area contributed by atoms with E-state index in [1.165, 1.54) is 0 Å². The van der Waals surface area contributed by atoms with Crippen molar-refractivity contribution < 1.29 is 14.9 Å². The minimum Gasteiger partial charge on any atom is -0.491 e. The summed E-state index contributed by atoms with van der Waals surface area (Å²) < 4.78 is 5.39. The second-order valence-corrected chi connectivity index (χ2v) is 3.82. The number of rotatable bonds is 5. The highest BCUT2D eigenvalue weighted by Crippen LogP contribution is 2.23. The number of aliphatic hydroxyl groups is 2. The summed E-state index contributed by atoms with van der Waals surface area (Å²) >= 11 is 5.83. The summed E-state index contributed by atoms with van der Waals surface area (Å²) in [5, 5.41) is 18.5. The molecule has 0 aliphatic carbocycles. The summed E-state index contributed by atoms with van der Waals surface area (Å²) in [5.74, 6) is 0.623. The van der Waals surface area contributed by atoms with Gasteiger partial charge in [0.25, 0.3) is 0 Å². The molecular weight excluding hydrogens is 216 g/mol. The fourth-order valence-corrected chi connectivity index (χ4v) is 1.36. The lowest BCUT2D eigenvalue weighted by Gasteiger charge is -2.12. The van der Waals surface area contributed by atoms with E-state index in [2.05, 4.69) is 0 Å². The lowest BCUT2D eigenvalue weighted by atomic mass is 10.1. The molecule has 0 bridgehead atoms. The molecule has 0 amide bonds. The number of hydrogen-bond donors (Lipinski definition) is 2. The Morgan fingerprint density at radius 3 is 2.80 bits per heavy atom. The maximum Gasteiger partial charge on any atom is 0.124 e. The third-order valence-corrected chi connectivity index (χ3v) is 2.13. The van der Waals surface area contributed by atoms with Crippen molar-refractivity contribution in [2.24, 2.45) is 0 Å². The molecule has 0 fully saturated rings. The normalized spacial score (nSPS) is 12.5. The summed E-state index contributed by atoms with van der Waals surface area (Å²) in [6.07, 6.45) is -0.00211. The van der Waals surface area contributed by atoms with Crippen LogP contribution in [0.2, 0.25) is 5.02 Å². The Labute approximate surface area is 94.3 Å². The molecule has 0 aliphatic rings. The van der Waals surface area contributed by atoms with E-state index in [1.807, 2.05) is 6.07 Å². The van der Waals surface area contributed by atoms with Gasteiger partial charge < -0.3 is 14.9 Å². The van der Waals surface area contributed by atoms with Gasteiger partial charge in [-0.15, -0.1) is 0 Å². The average molecular weight is 231 g/mol. The summed E-state index contributed by atoms with van der Waals surface area (Å²) in [5.41, 5.74) is 0.891. The van der Waals surface area contributed by atoms with Crippen LogP contribution in [0.5, 0.6) is 5.75 Å². The molecule has 0 spiro atoms. The van der Waals surface area contributed by atoms with Crippen molar-refractivity contribution in [1.29, 1.82) is 0 Å². The highest BCUT2D eigenvalue weighted by molar-refractivity contribution is 6.30. The molecule has 1 unspecified atom stereocenters. The summed E-state index contributed by atoms with van der Waals surface area (Å²) in [4.78, 5) is 0. The van der Waals surface area contributed by atoms with Crippen LogP contribution in [0.3, 0.4) is 0 Å². The molecule has 84 valence electrons. The molecule has 0 heterocycles. The van der Waals surface area contributed by atoms with Crippen molar-refractivity contribution in [3.05, 3.63) is 28.8 Å². The summed E-state index contributed by atoms with van der Waals surface area (Å²) in [6, 6.07) is 5.26. The van der Waals surface area contributed by atoms with E-state index < -0.39 is 6.10 Å². The number of aliphatic hydroxyl groups excluding tert-OH is 2. The fourth-order valence-electron chi connectivity index (χ4n) is 1.20. The van der Waals surface area contributed by atoms with E-state index >= 15 is 0 Å². The number of halogens is 1. The monoisotopic (exact) mass is 230 g/mol. The third kappa shape index (κ3) is 4.08. The van der Waals surface area contributed by atoms with Crippen molar-refractivity contribution in [2.45, 2.75) is 19.4 Å². The Kier molecular flexibility index (Phi) is 4.88. The van der Waals surface area contributed by atoms with Crippen LogP contribution in [-0.4, -0.2) is 29.5 Å². The van der Waals surface area contributed by atoms with E-state index in [4.69, 9.17) is 26.6 Å². The van der Waals surface area contributed by atoms with E-state index in [1.54, 1.807) is 19.1 Å². The molecule has 0 saturated carbocycles. The van der Waals surface area contributed by atoms with Gasteiger partial charge >= 0.3 is 0 Å². The zero-order chi connectivity index (χ0) is 11.3. The van der Waals surface area contributed by atoms with E-state index in [0.29, 0.717) is 17.2 Å². The lowest BCUT2D eigenvalue weighted by Crippen LogP contribution is -2.13. The Morgan fingerprint density at radius 1 is 1.47 bits per heavy atom. The van der Waals surface area contributed by atoms with Gasteiger partial charge in [-0.25, -0.2) is 0 Å². The van der Waals surface area contributed by atoms with E-state index in [9.17, 15) is 0 Å². The van der Waals surface area contributed by atoms with Gasteiger partial charge in [0.1, 0.15) is 12.4 Å². The smallest absolute Gasteiger partial charge is 0.124 e. The predicted molar refractivity (Wildman–Crippen MR) is 59.4 cm³/mol. The van der Waals surface area contributed by atoms with Gasteiger partial charge in [-0.05, 0) is 31.0 Å². The number of benzene rings is 1. The standard InChI is InChI=1S/C11H15ClO3/c1-8(14)7-15-11-6-10(12)3-2-9(11)4-5-13/h2-3,6,8,13-14H,4-5,7H2,1H3. The molecule has 0 saturated heterocycles. The highest BCUT2D eigenvalue weighted by Gasteiger charge is 2.05. The molecule has 4 heteroatoms. The van der Waals surface area contributed by atoms with Crippen molar-refractivity contribution >= 4 is 11.6 Å².